The van der Waals surface area contributed by atoms with E-state index in [9.17, 15) is 13.2 Å². The van der Waals surface area contributed by atoms with Crippen molar-refractivity contribution in [3.63, 3.8) is 0 Å². The van der Waals surface area contributed by atoms with Gasteiger partial charge in [0.05, 0.1) is 10.6 Å². The molecule has 0 unspecified atom stereocenters. The van der Waals surface area contributed by atoms with Gasteiger partial charge in [-0.25, -0.2) is 8.42 Å². The van der Waals surface area contributed by atoms with Crippen LogP contribution in [-0.2, 0) is 10.0 Å². The van der Waals surface area contributed by atoms with Gasteiger partial charge in [0.25, 0.3) is 15.9 Å². The molecule has 0 bridgehead atoms. The number of aryl methyl sites for hydroxylation is 1. The molecule has 0 aliphatic heterocycles. The Kier molecular flexibility index (Phi) is 5.48. The Morgan fingerprint density at radius 3 is 2.41 bits per heavy atom. The Morgan fingerprint density at radius 2 is 1.67 bits per heavy atom. The first-order valence-corrected chi connectivity index (χ1v) is 9.97. The van der Waals surface area contributed by atoms with Gasteiger partial charge in [-0.2, -0.15) is 0 Å². The van der Waals surface area contributed by atoms with E-state index in [1.54, 1.807) is 30.3 Å². The van der Waals surface area contributed by atoms with Gasteiger partial charge in [0, 0.05) is 16.3 Å². The highest BCUT2D eigenvalue weighted by molar-refractivity contribution is 7.92. The van der Waals surface area contributed by atoms with Crippen molar-refractivity contribution in [2.45, 2.75) is 11.8 Å². The molecule has 3 aromatic carbocycles. The molecule has 0 aromatic heterocycles. The van der Waals surface area contributed by atoms with E-state index in [-0.39, 0.29) is 16.4 Å². The van der Waals surface area contributed by atoms with Gasteiger partial charge in [-0.15, -0.1) is 0 Å². The summed E-state index contributed by atoms with van der Waals surface area (Å²) >= 11 is 5.89. The summed E-state index contributed by atoms with van der Waals surface area (Å²) < 4.78 is 27.7. The van der Waals surface area contributed by atoms with E-state index in [4.69, 9.17) is 11.6 Å². The summed E-state index contributed by atoms with van der Waals surface area (Å²) in [5.74, 6) is -0.385. The van der Waals surface area contributed by atoms with Crippen molar-refractivity contribution in [2.24, 2.45) is 0 Å². The number of sulfonamides is 1. The summed E-state index contributed by atoms with van der Waals surface area (Å²) in [5, 5.41) is 3.21. The van der Waals surface area contributed by atoms with Gasteiger partial charge in [0.2, 0.25) is 0 Å². The van der Waals surface area contributed by atoms with Gasteiger partial charge in [0.1, 0.15) is 0 Å². The fourth-order valence-corrected chi connectivity index (χ4v) is 3.76. The molecule has 2 N–H and O–H groups in total. The normalized spacial score (nSPS) is 11.0. The second-order valence-electron chi connectivity index (χ2n) is 5.91. The van der Waals surface area contributed by atoms with E-state index in [2.05, 4.69) is 10.0 Å². The van der Waals surface area contributed by atoms with Crippen LogP contribution >= 0.6 is 11.6 Å². The number of halogens is 1. The molecule has 0 saturated heterocycles. The van der Waals surface area contributed by atoms with Gasteiger partial charge >= 0.3 is 0 Å². The summed E-state index contributed by atoms with van der Waals surface area (Å²) in [6.07, 6.45) is 0. The maximum Gasteiger partial charge on any atom is 0.261 e. The first-order chi connectivity index (χ1) is 12.8. The Morgan fingerprint density at radius 1 is 0.926 bits per heavy atom. The lowest BCUT2D eigenvalue weighted by atomic mass is 10.1. The predicted octanol–water partition coefficient (Wildman–Crippen LogP) is 4.70. The monoisotopic (exact) mass is 400 g/mol. The minimum Gasteiger partial charge on any atom is -0.322 e. The van der Waals surface area contributed by atoms with Crippen LogP contribution in [0.1, 0.15) is 15.9 Å². The standard InChI is InChI=1S/C20H17ClN2O3S/c1-14-6-2-3-11-19(14)22-20(24)15-7-4-10-18(12-15)27(25,26)23-17-9-5-8-16(21)13-17/h2-13,23H,1H3,(H,22,24). The topological polar surface area (TPSA) is 75.3 Å². The van der Waals surface area contributed by atoms with Crippen LogP contribution in [0, 0.1) is 6.92 Å². The number of hydrogen-bond acceptors (Lipinski definition) is 3. The Labute approximate surface area is 163 Å². The third-order valence-electron chi connectivity index (χ3n) is 3.88. The van der Waals surface area contributed by atoms with E-state index in [1.807, 2.05) is 25.1 Å². The smallest absolute Gasteiger partial charge is 0.261 e. The van der Waals surface area contributed by atoms with E-state index < -0.39 is 10.0 Å². The molecule has 0 aliphatic rings. The van der Waals surface area contributed by atoms with Crippen LogP contribution in [0.25, 0.3) is 0 Å². The van der Waals surface area contributed by atoms with Crippen LogP contribution < -0.4 is 10.0 Å². The van der Waals surface area contributed by atoms with Crippen molar-refractivity contribution >= 4 is 38.9 Å². The molecular weight excluding hydrogens is 384 g/mol. The fourth-order valence-electron chi connectivity index (χ4n) is 2.48. The van der Waals surface area contributed by atoms with Crippen LogP contribution in [-0.4, -0.2) is 14.3 Å². The Balaban J connectivity index is 1.84. The average molecular weight is 401 g/mol. The number of carbonyl (C=O) groups excluding carboxylic acids is 1. The van der Waals surface area contributed by atoms with Crippen molar-refractivity contribution in [1.29, 1.82) is 0 Å². The van der Waals surface area contributed by atoms with Crippen LogP contribution in [0.3, 0.4) is 0 Å². The van der Waals surface area contributed by atoms with E-state index in [0.717, 1.165) is 5.56 Å². The Hall–Kier alpha value is -2.83. The van der Waals surface area contributed by atoms with Gasteiger partial charge < -0.3 is 5.32 Å². The minimum atomic E-state index is -3.86. The van der Waals surface area contributed by atoms with Crippen LogP contribution in [0.15, 0.2) is 77.7 Å². The lowest BCUT2D eigenvalue weighted by Gasteiger charge is -2.11. The van der Waals surface area contributed by atoms with Gasteiger partial charge in [-0.05, 0) is 55.0 Å². The van der Waals surface area contributed by atoms with E-state index in [0.29, 0.717) is 16.4 Å². The molecule has 3 aromatic rings. The van der Waals surface area contributed by atoms with E-state index >= 15 is 0 Å². The number of rotatable bonds is 5. The van der Waals surface area contributed by atoms with Crippen LogP contribution in [0.5, 0.6) is 0 Å². The molecule has 27 heavy (non-hydrogen) atoms. The fraction of sp³-hybridized carbons (Fsp3) is 0.0500. The first-order valence-electron chi connectivity index (χ1n) is 8.10. The predicted molar refractivity (Wildman–Crippen MR) is 108 cm³/mol. The molecule has 0 spiro atoms. The zero-order valence-electron chi connectivity index (χ0n) is 14.4. The van der Waals surface area contributed by atoms with Gasteiger partial charge in [-0.3, -0.25) is 9.52 Å². The third kappa shape index (κ3) is 4.67. The summed E-state index contributed by atoms with van der Waals surface area (Å²) in [6, 6.07) is 19.6. The number of amides is 1. The number of benzene rings is 3. The first kappa shape index (κ1) is 18.9. The van der Waals surface area contributed by atoms with Gasteiger partial charge in [-0.1, -0.05) is 41.9 Å². The third-order valence-corrected chi connectivity index (χ3v) is 5.49. The Bertz CT molecular complexity index is 1100. The molecule has 138 valence electrons. The molecule has 0 atom stereocenters. The number of nitrogens with one attached hydrogen (secondary N) is 2. The zero-order chi connectivity index (χ0) is 19.4. The zero-order valence-corrected chi connectivity index (χ0v) is 16.0. The molecule has 0 heterocycles. The molecule has 0 saturated carbocycles. The van der Waals surface area contributed by atoms with Crippen LogP contribution in [0.4, 0.5) is 11.4 Å². The van der Waals surface area contributed by atoms with Crippen molar-refractivity contribution < 1.29 is 13.2 Å². The van der Waals surface area contributed by atoms with Crippen LogP contribution in [0.2, 0.25) is 5.02 Å². The van der Waals surface area contributed by atoms with Crippen molar-refractivity contribution in [1.82, 2.24) is 0 Å². The van der Waals surface area contributed by atoms with Crippen molar-refractivity contribution in [3.05, 3.63) is 88.9 Å². The van der Waals surface area contributed by atoms with Crippen molar-refractivity contribution in [2.75, 3.05) is 10.0 Å². The summed E-state index contributed by atoms with van der Waals surface area (Å²) in [6.45, 7) is 1.88. The molecule has 0 aliphatic carbocycles. The van der Waals surface area contributed by atoms with Gasteiger partial charge in [0.15, 0.2) is 0 Å². The summed E-state index contributed by atoms with van der Waals surface area (Å²) in [5.41, 5.74) is 2.18. The highest BCUT2D eigenvalue weighted by Gasteiger charge is 2.17. The SMILES string of the molecule is Cc1ccccc1NC(=O)c1cccc(S(=O)(=O)Nc2cccc(Cl)c2)c1. The second-order valence-corrected chi connectivity index (χ2v) is 8.03. The lowest BCUT2D eigenvalue weighted by molar-refractivity contribution is 0.102. The minimum absolute atomic E-state index is 0.0140. The van der Waals surface area contributed by atoms with Crippen molar-refractivity contribution in [3.8, 4) is 0 Å². The highest BCUT2D eigenvalue weighted by Crippen LogP contribution is 2.21. The molecule has 3 rings (SSSR count). The molecule has 1 amide bonds. The lowest BCUT2D eigenvalue weighted by Crippen LogP contribution is -2.16. The maximum absolute atomic E-state index is 12.6. The molecule has 5 nitrogen and oxygen atoms in total. The summed E-state index contributed by atoms with van der Waals surface area (Å²) in [7, 11) is -3.86. The molecule has 0 fully saturated rings. The quantitative estimate of drug-likeness (QED) is 0.651. The summed E-state index contributed by atoms with van der Waals surface area (Å²) in [4.78, 5) is 12.5. The second kappa shape index (κ2) is 7.82. The maximum atomic E-state index is 12.6. The highest BCUT2D eigenvalue weighted by atomic mass is 35.5. The largest absolute Gasteiger partial charge is 0.322 e. The number of anilines is 2. The number of para-hydroxylation sites is 1. The number of hydrogen-bond donors (Lipinski definition) is 2. The molecule has 7 heteroatoms. The van der Waals surface area contributed by atoms with E-state index in [1.165, 1.54) is 24.3 Å². The number of carbonyl (C=O) groups is 1. The molecule has 0 radical (unpaired) electrons. The molecular formula is C20H17ClN2O3S. The average Bonchev–Trinajstić information content (AvgIpc) is 2.63.